The Morgan fingerprint density at radius 3 is 1.83 bits per heavy atom. The van der Waals surface area contributed by atoms with Crippen LogP contribution in [0.3, 0.4) is 0 Å². The van der Waals surface area contributed by atoms with Crippen LogP contribution in [0.5, 0.6) is 0 Å². The quantitative estimate of drug-likeness (QED) is 0.157. The molecule has 18 heteroatoms. The summed E-state index contributed by atoms with van der Waals surface area (Å²) in [6.45, 7) is 6.73. The Balaban J connectivity index is 1.86. The predicted octanol–water partition coefficient (Wildman–Crippen LogP) is -0.623. The normalized spacial score (nSPS) is 45.5. The van der Waals surface area contributed by atoms with Crippen molar-refractivity contribution in [3.05, 3.63) is 85.1 Å². The number of carbonyl (C=O) groups excluding carboxylic acids is 2. The number of aliphatic hydroxyl groups is 10. The fourth-order valence-electron chi connectivity index (χ4n) is 7.95. The van der Waals surface area contributed by atoms with Gasteiger partial charge in [0.15, 0.2) is 12.1 Å². The first-order valence-corrected chi connectivity index (χ1v) is 22.3. The van der Waals surface area contributed by atoms with Gasteiger partial charge in [0.05, 0.1) is 85.5 Å². The molecule has 0 spiro atoms. The van der Waals surface area contributed by atoms with Crippen molar-refractivity contribution in [3.8, 4) is 0 Å². The highest BCUT2D eigenvalue weighted by Crippen LogP contribution is 2.38. The van der Waals surface area contributed by atoms with Gasteiger partial charge in [-0.05, 0) is 33.1 Å². The molecule has 0 aromatic carbocycles. The van der Waals surface area contributed by atoms with Gasteiger partial charge in [-0.1, -0.05) is 98.9 Å². The van der Waals surface area contributed by atoms with E-state index in [9.17, 15) is 65.8 Å². The number of ether oxygens (including phenoxy) is 4. The number of cyclic esters (lactones) is 1. The standard InChI is InChI=1S/C47H73NO17/c1-27-17-15-13-11-9-7-5-6-8-10-12-14-16-18-34(64-46-44(58)41(48)43(57)30(4)63-46)24-38-40(45(59)60)37(54)26-47(61,65-38)25-33(51)22-36(53)35(52)20-19-31(49)21-32(50)23-39(55)62-29(3)28(2)42(27)56/h5-18,27-38,40-44,46,49-54,56-58,61H,19-26,48H2,1-4H3,(H,59,60)/p-1/b6-5+,9-7+,10-8+,13-11+,14-12+,17-15+,18-16+/t27-,28-,29-,30?,31+,32+,33-,34?,35+,36+,37-,38-,40+,41?,42+,43?,44?,46?,47+/m0/s1. The van der Waals surface area contributed by atoms with Crippen LogP contribution in [0, 0.1) is 17.8 Å². The summed E-state index contributed by atoms with van der Waals surface area (Å²) in [6.07, 6.45) is 2.97. The molecule has 3 heterocycles. The third-order valence-corrected chi connectivity index (χ3v) is 12.0. The van der Waals surface area contributed by atoms with E-state index in [-0.39, 0.29) is 31.6 Å². The van der Waals surface area contributed by atoms with Crippen LogP contribution in [-0.4, -0.2) is 160 Å². The molecule has 0 aliphatic carbocycles. The Bertz CT molecular complexity index is 1670. The van der Waals surface area contributed by atoms with Crippen LogP contribution in [0.1, 0.15) is 79.1 Å². The van der Waals surface area contributed by atoms with Crippen LogP contribution < -0.4 is 10.8 Å². The van der Waals surface area contributed by atoms with Gasteiger partial charge in [0, 0.05) is 43.5 Å². The van der Waals surface area contributed by atoms with E-state index >= 15 is 0 Å². The van der Waals surface area contributed by atoms with Crippen molar-refractivity contribution < 1.29 is 84.7 Å². The van der Waals surface area contributed by atoms with Crippen molar-refractivity contribution in [2.45, 2.75) is 177 Å². The molecule has 3 aliphatic rings. The van der Waals surface area contributed by atoms with Crippen molar-refractivity contribution in [2.24, 2.45) is 23.5 Å². The molecule has 0 aromatic heterocycles. The Hall–Kier alpha value is -3.44. The lowest BCUT2D eigenvalue weighted by atomic mass is 9.82. The zero-order chi connectivity index (χ0) is 48.4. The smallest absolute Gasteiger partial charge is 0.308 e. The molecule has 19 atom stereocenters. The molecule has 0 radical (unpaired) electrons. The van der Waals surface area contributed by atoms with Crippen LogP contribution in [-0.2, 0) is 28.5 Å². The van der Waals surface area contributed by atoms with E-state index in [1.807, 2.05) is 13.0 Å². The first kappa shape index (κ1) is 55.9. The molecule has 6 unspecified atom stereocenters. The van der Waals surface area contributed by atoms with Crippen molar-refractivity contribution in [1.82, 2.24) is 0 Å². The summed E-state index contributed by atoms with van der Waals surface area (Å²) >= 11 is 0. The maximum atomic E-state index is 12.6. The number of esters is 1. The average molecular weight is 923 g/mol. The summed E-state index contributed by atoms with van der Waals surface area (Å²) in [6, 6.07) is -1.16. The topological polar surface area (TPSA) is 322 Å². The van der Waals surface area contributed by atoms with E-state index in [4.69, 9.17) is 24.7 Å². The van der Waals surface area contributed by atoms with Crippen molar-refractivity contribution in [3.63, 3.8) is 0 Å². The monoisotopic (exact) mass is 922 g/mol. The fraction of sp³-hybridized carbons (Fsp3) is 0.660. The van der Waals surface area contributed by atoms with Gasteiger partial charge in [0.25, 0.3) is 0 Å². The number of carbonyl (C=O) groups is 2. The van der Waals surface area contributed by atoms with Crippen LogP contribution >= 0.6 is 0 Å². The maximum absolute atomic E-state index is 12.6. The van der Waals surface area contributed by atoms with Gasteiger partial charge >= 0.3 is 5.97 Å². The fourth-order valence-corrected chi connectivity index (χ4v) is 7.95. The number of nitrogens with two attached hydrogens (primary N) is 1. The summed E-state index contributed by atoms with van der Waals surface area (Å²) in [5.74, 6) is -7.22. The Labute approximate surface area is 381 Å². The van der Waals surface area contributed by atoms with Gasteiger partial charge in [-0.25, -0.2) is 0 Å². The highest BCUT2D eigenvalue weighted by molar-refractivity contribution is 5.70. The molecular weight excluding hydrogens is 851 g/mol. The SMILES string of the molecule is CC1OC(OC2/C=C/C=C/C=C/C=C/C=C/C=C/C=C/[C@H](C)[C@@H](O)[C@@H](C)[C@H](C)OC(=O)C[C@H](O)C[C@H](O)CC[C@@H](O)[C@H](O)C[C@H](O)C[C@]3(O)C[C@H](O)[C@@H](C(=O)[O-])[C@H](C2)O3)C(O)C(N)C1O. The summed E-state index contributed by atoms with van der Waals surface area (Å²) in [7, 11) is 0. The van der Waals surface area contributed by atoms with E-state index in [0.29, 0.717) is 0 Å². The third kappa shape index (κ3) is 18.6. The molecule has 2 bridgehead atoms. The number of hydrogen-bond donors (Lipinski definition) is 11. The zero-order valence-electron chi connectivity index (χ0n) is 37.5. The highest BCUT2D eigenvalue weighted by Gasteiger charge is 2.49. The van der Waals surface area contributed by atoms with E-state index in [0.717, 1.165) is 0 Å². The van der Waals surface area contributed by atoms with Crippen molar-refractivity contribution in [2.75, 3.05) is 0 Å². The molecule has 0 aromatic rings. The van der Waals surface area contributed by atoms with Gasteiger partial charge in [-0.2, -0.15) is 0 Å². The lowest BCUT2D eigenvalue weighted by Crippen LogP contribution is -2.62. The van der Waals surface area contributed by atoms with E-state index < -0.39 is 147 Å². The zero-order valence-corrected chi connectivity index (χ0v) is 37.5. The number of rotatable bonds is 3. The van der Waals surface area contributed by atoms with Crippen LogP contribution in [0.4, 0.5) is 0 Å². The Morgan fingerprint density at radius 1 is 0.677 bits per heavy atom. The minimum Gasteiger partial charge on any atom is -0.550 e. The number of carboxylic acid groups (broad SMARTS) is 1. The lowest BCUT2D eigenvalue weighted by molar-refractivity contribution is -0.344. The molecule has 3 aliphatic heterocycles. The lowest BCUT2D eigenvalue weighted by Gasteiger charge is -2.46. The van der Waals surface area contributed by atoms with Crippen molar-refractivity contribution in [1.29, 1.82) is 0 Å². The van der Waals surface area contributed by atoms with Gasteiger partial charge in [-0.15, -0.1) is 0 Å². The average Bonchev–Trinajstić information content (AvgIpc) is 3.21. The molecule has 2 fully saturated rings. The molecule has 2 saturated heterocycles. The summed E-state index contributed by atoms with van der Waals surface area (Å²) in [5, 5.41) is 120. The van der Waals surface area contributed by atoms with Crippen LogP contribution in [0.15, 0.2) is 85.1 Å². The van der Waals surface area contributed by atoms with E-state index in [1.165, 1.54) is 13.0 Å². The largest absolute Gasteiger partial charge is 0.550 e. The molecule has 18 nitrogen and oxygen atoms in total. The second-order valence-corrected chi connectivity index (χ2v) is 17.5. The van der Waals surface area contributed by atoms with Gasteiger partial charge in [-0.3, -0.25) is 4.79 Å². The van der Waals surface area contributed by atoms with E-state index in [2.05, 4.69) is 0 Å². The summed E-state index contributed by atoms with van der Waals surface area (Å²) in [5.41, 5.74) is 6.01. The molecule has 12 N–H and O–H groups in total. The molecule has 65 heavy (non-hydrogen) atoms. The van der Waals surface area contributed by atoms with Crippen LogP contribution in [0.25, 0.3) is 0 Å². The number of aliphatic carboxylic acids is 1. The Morgan fingerprint density at radius 2 is 1.25 bits per heavy atom. The van der Waals surface area contributed by atoms with Gasteiger partial charge in [0.1, 0.15) is 12.2 Å². The van der Waals surface area contributed by atoms with Gasteiger partial charge in [0.2, 0.25) is 0 Å². The van der Waals surface area contributed by atoms with Crippen LogP contribution in [0.2, 0.25) is 0 Å². The molecule has 0 saturated carbocycles. The number of allylic oxidation sites excluding steroid dienone is 12. The van der Waals surface area contributed by atoms with E-state index in [1.54, 1.807) is 86.8 Å². The predicted molar refractivity (Wildman–Crippen MR) is 234 cm³/mol. The molecule has 368 valence electrons. The maximum Gasteiger partial charge on any atom is 0.308 e. The number of fused-ring (bicyclic) bond motifs is 2. The summed E-state index contributed by atoms with van der Waals surface area (Å²) in [4.78, 5) is 25.0. The third-order valence-electron chi connectivity index (χ3n) is 12.0. The second kappa shape index (κ2) is 27.4. The minimum absolute atomic E-state index is 0.113. The van der Waals surface area contributed by atoms with Gasteiger partial charge < -0.3 is 85.6 Å². The summed E-state index contributed by atoms with van der Waals surface area (Å²) < 4.78 is 23.1. The number of hydrogen-bond acceptors (Lipinski definition) is 18. The molecule has 3 rings (SSSR count). The Kier molecular flexibility index (Phi) is 23.6. The number of aliphatic hydroxyl groups excluding tert-OH is 9. The minimum atomic E-state index is -2.35. The number of carboxylic acids is 1. The molecular formula is C47H72NO17-. The first-order valence-electron chi connectivity index (χ1n) is 22.3. The second-order valence-electron chi connectivity index (χ2n) is 17.5. The van der Waals surface area contributed by atoms with Crippen molar-refractivity contribution >= 4 is 11.9 Å². The highest BCUT2D eigenvalue weighted by atomic mass is 16.7. The first-order chi connectivity index (χ1) is 30.6. The molecule has 0 amide bonds.